The van der Waals surface area contributed by atoms with Crippen molar-refractivity contribution in [2.24, 2.45) is 0 Å². The number of aryl methyl sites for hydroxylation is 1. The summed E-state index contributed by atoms with van der Waals surface area (Å²) in [4.78, 5) is 0. The molecule has 2 unspecified atom stereocenters. The third kappa shape index (κ3) is 2.04. The van der Waals surface area contributed by atoms with Gasteiger partial charge >= 0.3 is 0 Å². The van der Waals surface area contributed by atoms with Gasteiger partial charge in [-0.3, -0.25) is 0 Å². The molecule has 3 heteroatoms. The van der Waals surface area contributed by atoms with Crippen LogP contribution in [0.1, 0.15) is 24.5 Å². The van der Waals surface area contributed by atoms with E-state index in [0.717, 1.165) is 5.56 Å². The van der Waals surface area contributed by atoms with Crippen molar-refractivity contribution < 1.29 is 9.50 Å². The summed E-state index contributed by atoms with van der Waals surface area (Å²) in [5.41, 5.74) is 0.476. The molecule has 0 spiro atoms. The summed E-state index contributed by atoms with van der Waals surface area (Å²) in [5.74, 6) is 0.298. The van der Waals surface area contributed by atoms with E-state index in [0.29, 0.717) is 23.0 Å². The van der Waals surface area contributed by atoms with Crippen molar-refractivity contribution in [1.29, 1.82) is 0 Å². The summed E-state index contributed by atoms with van der Waals surface area (Å²) in [5, 5.41) is 10.8. The average Bonchev–Trinajstić information content (AvgIpc) is 2.52. The second kappa shape index (κ2) is 3.80. The number of aliphatic hydroxyl groups is 1. The molecule has 1 heterocycles. The number of hydrogen-bond donors (Lipinski definition) is 1. The van der Waals surface area contributed by atoms with E-state index in [4.69, 9.17) is 0 Å². The number of thioether (sulfide) groups is 1. The Hall–Kier alpha value is -0.540. The average molecular weight is 226 g/mol. The minimum absolute atomic E-state index is 0.294. The maximum atomic E-state index is 13.6. The Balaban J connectivity index is 2.40. The second-order valence-electron chi connectivity index (χ2n) is 4.34. The molecule has 1 aliphatic heterocycles. The van der Waals surface area contributed by atoms with Gasteiger partial charge in [0, 0.05) is 16.6 Å². The van der Waals surface area contributed by atoms with Crippen molar-refractivity contribution in [2.45, 2.75) is 31.1 Å². The third-order valence-corrected chi connectivity index (χ3v) is 4.23. The number of rotatable bonds is 1. The van der Waals surface area contributed by atoms with Gasteiger partial charge in [0.2, 0.25) is 0 Å². The number of hydrogen-bond acceptors (Lipinski definition) is 2. The maximum Gasteiger partial charge on any atom is 0.129 e. The van der Waals surface area contributed by atoms with Crippen molar-refractivity contribution in [1.82, 2.24) is 0 Å². The van der Waals surface area contributed by atoms with Gasteiger partial charge < -0.3 is 5.11 Å². The van der Waals surface area contributed by atoms with Gasteiger partial charge in [-0.05, 0) is 19.4 Å². The van der Waals surface area contributed by atoms with E-state index in [-0.39, 0.29) is 5.82 Å². The molecule has 1 aromatic rings. The lowest BCUT2D eigenvalue weighted by Crippen LogP contribution is -2.27. The van der Waals surface area contributed by atoms with Gasteiger partial charge in [-0.2, -0.15) is 11.8 Å². The predicted molar refractivity (Wildman–Crippen MR) is 61.6 cm³/mol. The van der Waals surface area contributed by atoms with Crippen LogP contribution in [0.3, 0.4) is 0 Å². The first kappa shape index (κ1) is 11.0. The topological polar surface area (TPSA) is 20.2 Å². The smallest absolute Gasteiger partial charge is 0.129 e. The zero-order valence-electron chi connectivity index (χ0n) is 8.96. The molecule has 0 saturated carbocycles. The van der Waals surface area contributed by atoms with Crippen LogP contribution in [0.15, 0.2) is 18.2 Å². The Morgan fingerprint density at radius 2 is 2.27 bits per heavy atom. The van der Waals surface area contributed by atoms with Crippen molar-refractivity contribution in [3.63, 3.8) is 0 Å². The monoisotopic (exact) mass is 226 g/mol. The minimum atomic E-state index is -0.972. The summed E-state index contributed by atoms with van der Waals surface area (Å²) in [6, 6.07) is 4.93. The van der Waals surface area contributed by atoms with Crippen LogP contribution in [-0.2, 0) is 5.60 Å². The quantitative estimate of drug-likeness (QED) is 0.794. The summed E-state index contributed by atoms with van der Waals surface area (Å²) in [7, 11) is 0. The van der Waals surface area contributed by atoms with Crippen molar-refractivity contribution in [3.05, 3.63) is 35.1 Å². The fourth-order valence-corrected chi connectivity index (χ4v) is 3.28. The van der Waals surface area contributed by atoms with Crippen LogP contribution in [0.4, 0.5) is 4.39 Å². The Morgan fingerprint density at radius 1 is 1.53 bits per heavy atom. The molecule has 2 rings (SSSR count). The molecule has 0 aliphatic carbocycles. The molecule has 1 aromatic carbocycles. The van der Waals surface area contributed by atoms with Gasteiger partial charge in [0.15, 0.2) is 0 Å². The summed E-state index contributed by atoms with van der Waals surface area (Å²) in [6.45, 7) is 3.98. The van der Waals surface area contributed by atoms with Gasteiger partial charge in [-0.15, -0.1) is 0 Å². The highest BCUT2D eigenvalue weighted by Gasteiger charge is 2.39. The van der Waals surface area contributed by atoms with Crippen LogP contribution in [0, 0.1) is 12.7 Å². The normalized spacial score (nSPS) is 30.8. The molecule has 1 saturated heterocycles. The molecule has 0 bridgehead atoms. The van der Waals surface area contributed by atoms with Gasteiger partial charge in [-0.25, -0.2) is 4.39 Å². The SMILES string of the molecule is Cc1ccc(F)c(C2(O)CSC(C)C2)c1. The fraction of sp³-hybridized carbons (Fsp3) is 0.500. The van der Waals surface area contributed by atoms with E-state index < -0.39 is 5.60 Å². The van der Waals surface area contributed by atoms with Crippen molar-refractivity contribution in [3.8, 4) is 0 Å². The summed E-state index contributed by atoms with van der Waals surface area (Å²) < 4.78 is 13.6. The van der Waals surface area contributed by atoms with Crippen molar-refractivity contribution in [2.75, 3.05) is 5.75 Å². The second-order valence-corrected chi connectivity index (χ2v) is 5.77. The first-order chi connectivity index (χ1) is 7.01. The minimum Gasteiger partial charge on any atom is -0.384 e. The molecule has 0 radical (unpaired) electrons. The molecule has 82 valence electrons. The van der Waals surface area contributed by atoms with E-state index in [1.807, 2.05) is 6.92 Å². The standard InChI is InChI=1S/C12H15FOS/c1-8-3-4-11(13)10(5-8)12(14)6-9(2)15-7-12/h3-5,9,14H,6-7H2,1-2H3. The molecular formula is C12H15FOS. The van der Waals surface area contributed by atoms with Gasteiger partial charge in [0.25, 0.3) is 0 Å². The van der Waals surface area contributed by atoms with Gasteiger partial charge in [0.1, 0.15) is 11.4 Å². The highest BCUT2D eigenvalue weighted by atomic mass is 32.2. The van der Waals surface area contributed by atoms with Gasteiger partial charge in [0.05, 0.1) is 0 Å². The van der Waals surface area contributed by atoms with Crippen LogP contribution in [0.2, 0.25) is 0 Å². The summed E-state index contributed by atoms with van der Waals surface area (Å²) >= 11 is 1.70. The predicted octanol–water partition coefficient (Wildman–Crippen LogP) is 2.85. The molecule has 2 atom stereocenters. The fourth-order valence-electron chi connectivity index (χ4n) is 2.06. The molecule has 1 fully saturated rings. The lowest BCUT2D eigenvalue weighted by atomic mass is 9.90. The maximum absolute atomic E-state index is 13.6. The Morgan fingerprint density at radius 3 is 2.87 bits per heavy atom. The molecule has 0 aromatic heterocycles. The van der Waals surface area contributed by atoms with E-state index in [2.05, 4.69) is 6.92 Å². The summed E-state index contributed by atoms with van der Waals surface area (Å²) in [6.07, 6.45) is 0.637. The van der Waals surface area contributed by atoms with E-state index in [9.17, 15) is 9.50 Å². The van der Waals surface area contributed by atoms with E-state index in [1.165, 1.54) is 6.07 Å². The third-order valence-electron chi connectivity index (χ3n) is 2.85. The van der Waals surface area contributed by atoms with Crippen LogP contribution < -0.4 is 0 Å². The molecular weight excluding hydrogens is 211 g/mol. The Kier molecular flexibility index (Phi) is 2.77. The molecule has 1 N–H and O–H groups in total. The highest BCUT2D eigenvalue weighted by molar-refractivity contribution is 8.00. The van der Waals surface area contributed by atoms with E-state index in [1.54, 1.807) is 23.9 Å². The lowest BCUT2D eigenvalue weighted by Gasteiger charge is -2.23. The van der Waals surface area contributed by atoms with Crippen LogP contribution in [0.25, 0.3) is 0 Å². The first-order valence-corrected chi connectivity index (χ1v) is 6.17. The lowest BCUT2D eigenvalue weighted by molar-refractivity contribution is 0.0573. The Bertz CT molecular complexity index is 380. The number of halogens is 1. The Labute approximate surface area is 93.7 Å². The first-order valence-electron chi connectivity index (χ1n) is 5.12. The molecule has 0 amide bonds. The largest absolute Gasteiger partial charge is 0.384 e. The molecule has 1 nitrogen and oxygen atoms in total. The number of benzene rings is 1. The van der Waals surface area contributed by atoms with Crippen LogP contribution in [0.5, 0.6) is 0 Å². The zero-order chi connectivity index (χ0) is 11.1. The van der Waals surface area contributed by atoms with Crippen LogP contribution >= 0.6 is 11.8 Å². The van der Waals surface area contributed by atoms with Crippen molar-refractivity contribution >= 4 is 11.8 Å². The van der Waals surface area contributed by atoms with E-state index >= 15 is 0 Å². The highest BCUT2D eigenvalue weighted by Crippen LogP contribution is 2.42. The van der Waals surface area contributed by atoms with Crippen LogP contribution in [-0.4, -0.2) is 16.1 Å². The molecule has 15 heavy (non-hydrogen) atoms. The van der Waals surface area contributed by atoms with Gasteiger partial charge in [-0.1, -0.05) is 24.6 Å². The zero-order valence-corrected chi connectivity index (χ0v) is 9.77. The molecule has 1 aliphatic rings.